The Hall–Kier alpha value is -1.80. The fraction of sp³-hybridized carbons (Fsp3) is 0.684. The molecule has 1 saturated heterocycles. The van der Waals surface area contributed by atoms with Crippen LogP contribution in [0, 0.1) is 23.2 Å². The Kier molecular flexibility index (Phi) is 8.97. The maximum absolute atomic E-state index is 12.5. The number of amides is 2. The molecule has 0 spiro atoms. The number of carboxylic acids is 1. The van der Waals surface area contributed by atoms with E-state index in [-0.39, 0.29) is 35.7 Å². The summed E-state index contributed by atoms with van der Waals surface area (Å²) in [5.74, 6) is -2.28. The number of carbonyl (C=O) groups is 3. The zero-order valence-corrected chi connectivity index (χ0v) is 18.3. The third kappa shape index (κ3) is 5.09. The first-order chi connectivity index (χ1) is 14.3. The lowest BCUT2D eigenvalue weighted by Crippen LogP contribution is -2.63. The summed E-state index contributed by atoms with van der Waals surface area (Å²) in [5, 5.41) is 31.3. The van der Waals surface area contributed by atoms with Gasteiger partial charge in [-0.3, -0.25) is 9.59 Å². The predicted molar refractivity (Wildman–Crippen MR) is 112 cm³/mol. The minimum atomic E-state index is -1.18. The first kappa shape index (κ1) is 24.5. The number of carbonyl (C=O) groups excluding carboxylic acids is 2. The molecule has 2 aliphatic heterocycles. The fourth-order valence-electron chi connectivity index (χ4n) is 3.96. The summed E-state index contributed by atoms with van der Waals surface area (Å²) in [6.45, 7) is 1.95. The smallest absolute Gasteiger partial charge is 0.353 e. The number of rotatable bonds is 12. The second-order valence-electron chi connectivity index (χ2n) is 7.39. The number of aliphatic hydroxyl groups excluding tert-OH is 1. The second kappa shape index (κ2) is 11.0. The molecule has 1 fully saturated rings. The molecule has 0 aromatic heterocycles. The average Bonchev–Trinajstić information content (AvgIpc) is 2.96. The highest BCUT2D eigenvalue weighted by molar-refractivity contribution is 8.03. The van der Waals surface area contributed by atoms with Crippen molar-refractivity contribution in [2.45, 2.75) is 50.8 Å². The first-order valence-electron chi connectivity index (χ1n) is 9.83. The van der Waals surface area contributed by atoms with Crippen molar-refractivity contribution in [3.63, 3.8) is 0 Å². The number of nitrogens with zero attached hydrogens (tertiary/aromatic N) is 2. The molecule has 2 rings (SSSR count). The van der Waals surface area contributed by atoms with E-state index in [2.05, 4.69) is 5.32 Å². The SMILES string of the molecule is C[C@@H](O)[C@H]1C(=O)N2C(C(=O)O)=C(SCCC#N)[C@H](CCCCNC(=O)[C@@H](N)CCl)C12. The van der Waals surface area contributed by atoms with Gasteiger partial charge in [0.25, 0.3) is 0 Å². The average molecular weight is 459 g/mol. The highest BCUT2D eigenvalue weighted by atomic mass is 35.5. The molecule has 5 atom stereocenters. The Balaban J connectivity index is 2.08. The van der Waals surface area contributed by atoms with Gasteiger partial charge in [-0.25, -0.2) is 4.79 Å². The van der Waals surface area contributed by atoms with Gasteiger partial charge in [0.2, 0.25) is 11.8 Å². The van der Waals surface area contributed by atoms with Crippen molar-refractivity contribution in [2.75, 3.05) is 18.2 Å². The quantitative estimate of drug-likeness (QED) is 0.188. The Morgan fingerprint density at radius 2 is 2.13 bits per heavy atom. The van der Waals surface area contributed by atoms with E-state index in [4.69, 9.17) is 22.6 Å². The van der Waals surface area contributed by atoms with E-state index in [1.807, 2.05) is 6.07 Å². The van der Waals surface area contributed by atoms with Gasteiger partial charge in [0, 0.05) is 35.4 Å². The van der Waals surface area contributed by atoms with Gasteiger partial charge in [-0.05, 0) is 19.8 Å². The number of unbranched alkanes of at least 4 members (excludes halogenated alkanes) is 1. The van der Waals surface area contributed by atoms with Crippen molar-refractivity contribution in [3.05, 3.63) is 10.6 Å². The monoisotopic (exact) mass is 458 g/mol. The molecule has 11 heteroatoms. The van der Waals surface area contributed by atoms with E-state index < -0.39 is 30.1 Å². The maximum atomic E-state index is 12.5. The molecular weight excluding hydrogens is 432 g/mol. The molecular formula is C19H27ClN4O5S. The summed E-state index contributed by atoms with van der Waals surface area (Å²) >= 11 is 6.85. The number of hydrogen-bond donors (Lipinski definition) is 4. The zero-order valence-electron chi connectivity index (χ0n) is 16.7. The number of halogens is 1. The van der Waals surface area contributed by atoms with Crippen molar-refractivity contribution in [1.29, 1.82) is 5.26 Å². The van der Waals surface area contributed by atoms with Crippen LogP contribution in [-0.2, 0) is 14.4 Å². The van der Waals surface area contributed by atoms with Crippen molar-refractivity contribution >= 4 is 41.1 Å². The van der Waals surface area contributed by atoms with E-state index in [0.29, 0.717) is 36.5 Å². The number of nitrogens with one attached hydrogen (secondary N) is 1. The summed E-state index contributed by atoms with van der Waals surface area (Å²) in [4.78, 5) is 37.9. The number of alkyl halides is 1. The molecule has 2 amide bonds. The summed E-state index contributed by atoms with van der Waals surface area (Å²) < 4.78 is 0. The van der Waals surface area contributed by atoms with Gasteiger partial charge in [0.15, 0.2) is 0 Å². The van der Waals surface area contributed by atoms with Crippen LogP contribution in [0.5, 0.6) is 0 Å². The molecule has 0 bridgehead atoms. The van der Waals surface area contributed by atoms with Crippen LogP contribution >= 0.6 is 23.4 Å². The van der Waals surface area contributed by atoms with E-state index in [1.165, 1.54) is 23.6 Å². The molecule has 0 saturated carbocycles. The topological polar surface area (TPSA) is 157 Å². The lowest BCUT2D eigenvalue weighted by atomic mass is 9.77. The number of carboxylic acid groups (broad SMARTS) is 1. The molecule has 0 aromatic rings. The molecule has 1 unspecified atom stereocenters. The summed E-state index contributed by atoms with van der Waals surface area (Å²) in [6.07, 6.45) is 1.31. The highest BCUT2D eigenvalue weighted by Gasteiger charge is 2.60. The number of thioether (sulfide) groups is 1. The van der Waals surface area contributed by atoms with Crippen molar-refractivity contribution < 1.29 is 24.6 Å². The number of β-lactam (4-membered cyclic amide) rings is 1. The van der Waals surface area contributed by atoms with Crippen LogP contribution in [0.1, 0.15) is 32.6 Å². The molecule has 5 N–H and O–H groups in total. The largest absolute Gasteiger partial charge is 0.477 e. The van der Waals surface area contributed by atoms with Crippen LogP contribution in [0.3, 0.4) is 0 Å². The maximum Gasteiger partial charge on any atom is 0.353 e. The van der Waals surface area contributed by atoms with Gasteiger partial charge < -0.3 is 26.2 Å². The van der Waals surface area contributed by atoms with Gasteiger partial charge in [-0.1, -0.05) is 6.42 Å². The minimum absolute atomic E-state index is 0.0313. The summed E-state index contributed by atoms with van der Waals surface area (Å²) in [6, 6.07) is 0.884. The predicted octanol–water partition coefficient (Wildman–Crippen LogP) is 0.620. The van der Waals surface area contributed by atoms with Crippen LogP contribution in [-0.4, -0.2) is 69.3 Å². The third-order valence-electron chi connectivity index (χ3n) is 5.35. The van der Waals surface area contributed by atoms with Crippen LogP contribution in [0.15, 0.2) is 10.6 Å². The van der Waals surface area contributed by atoms with Gasteiger partial charge in [0.1, 0.15) is 5.70 Å². The Morgan fingerprint density at radius 3 is 2.70 bits per heavy atom. The Morgan fingerprint density at radius 1 is 1.43 bits per heavy atom. The lowest BCUT2D eigenvalue weighted by molar-refractivity contribution is -0.163. The molecule has 0 radical (unpaired) electrons. The van der Waals surface area contributed by atoms with Crippen LogP contribution in [0.4, 0.5) is 0 Å². The molecule has 0 aliphatic carbocycles. The van der Waals surface area contributed by atoms with Gasteiger partial charge >= 0.3 is 5.97 Å². The number of nitrogens with two attached hydrogens (primary N) is 1. The number of nitriles is 1. The lowest BCUT2D eigenvalue weighted by Gasteiger charge is -2.47. The minimum Gasteiger partial charge on any atom is -0.477 e. The van der Waals surface area contributed by atoms with Crippen molar-refractivity contribution in [3.8, 4) is 6.07 Å². The number of aliphatic carboxylic acids is 1. The molecule has 9 nitrogen and oxygen atoms in total. The molecule has 2 aliphatic rings. The van der Waals surface area contributed by atoms with Gasteiger partial charge in [0.05, 0.1) is 30.2 Å². The molecule has 2 heterocycles. The van der Waals surface area contributed by atoms with Crippen LogP contribution in [0.2, 0.25) is 0 Å². The van der Waals surface area contributed by atoms with Crippen molar-refractivity contribution in [2.24, 2.45) is 17.6 Å². The summed E-state index contributed by atoms with van der Waals surface area (Å²) in [5.41, 5.74) is 5.52. The Bertz CT molecular complexity index is 754. The zero-order chi connectivity index (χ0) is 22.4. The van der Waals surface area contributed by atoms with Crippen LogP contribution < -0.4 is 11.1 Å². The normalized spacial score (nSPS) is 24.7. The molecule has 166 valence electrons. The second-order valence-corrected chi connectivity index (χ2v) is 8.84. The standard InChI is InChI=1S/C19H27ClN4O5S/c1-10(25)13-14-11(5-2-3-7-23-17(26)12(22)9-20)16(30-8-4-6-21)15(19(28)29)24(14)18(13)27/h10-14,25H,2-5,7-9,22H2,1H3,(H,23,26)(H,28,29)/t10-,11-,12+,13-,14?/m1/s1. The molecule has 0 aromatic carbocycles. The highest BCUT2D eigenvalue weighted by Crippen LogP contribution is 2.52. The van der Waals surface area contributed by atoms with E-state index in [1.54, 1.807) is 0 Å². The van der Waals surface area contributed by atoms with E-state index in [0.717, 1.165) is 0 Å². The number of fused-ring (bicyclic) bond motifs is 1. The van der Waals surface area contributed by atoms with Gasteiger partial charge in [-0.15, -0.1) is 23.4 Å². The number of hydrogen-bond acceptors (Lipinski definition) is 7. The van der Waals surface area contributed by atoms with Crippen molar-refractivity contribution in [1.82, 2.24) is 10.2 Å². The summed E-state index contributed by atoms with van der Waals surface area (Å²) in [7, 11) is 0. The first-order valence-corrected chi connectivity index (χ1v) is 11.4. The van der Waals surface area contributed by atoms with E-state index >= 15 is 0 Å². The van der Waals surface area contributed by atoms with Crippen LogP contribution in [0.25, 0.3) is 0 Å². The van der Waals surface area contributed by atoms with Gasteiger partial charge in [-0.2, -0.15) is 5.26 Å². The van der Waals surface area contributed by atoms with E-state index in [9.17, 15) is 24.6 Å². The Labute approximate surface area is 184 Å². The third-order valence-corrected chi connectivity index (χ3v) is 6.90. The number of aliphatic hydroxyl groups is 1. The fourth-order valence-corrected chi connectivity index (χ4v) is 5.30. The molecule has 30 heavy (non-hydrogen) atoms.